The van der Waals surface area contributed by atoms with Gasteiger partial charge in [0.2, 0.25) is 0 Å². The van der Waals surface area contributed by atoms with Gasteiger partial charge in [0.1, 0.15) is 28.3 Å². The molecule has 114 valence electrons. The highest BCUT2D eigenvalue weighted by molar-refractivity contribution is 7.90. The molecule has 0 spiro atoms. The standard InChI is InChI=1S/C13H22N2O4S/c1-15(7-8-20(2,17)18)9-12(16)10-19-13-5-3-11(14)4-6-13/h3-6,12,16H,7-10,14H2,1-2H3. The van der Waals surface area contributed by atoms with E-state index >= 15 is 0 Å². The van der Waals surface area contributed by atoms with Gasteiger partial charge in [-0.3, -0.25) is 0 Å². The maximum absolute atomic E-state index is 11.0. The molecule has 0 aliphatic carbocycles. The predicted molar refractivity (Wildman–Crippen MR) is 79.6 cm³/mol. The van der Waals surface area contributed by atoms with Crippen molar-refractivity contribution in [1.29, 1.82) is 0 Å². The molecule has 0 fully saturated rings. The Morgan fingerprint density at radius 2 is 1.95 bits per heavy atom. The van der Waals surface area contributed by atoms with Crippen LogP contribution >= 0.6 is 0 Å². The van der Waals surface area contributed by atoms with E-state index in [1.807, 2.05) is 0 Å². The monoisotopic (exact) mass is 302 g/mol. The Labute approximate surface area is 120 Å². The molecular weight excluding hydrogens is 280 g/mol. The number of aliphatic hydroxyl groups excluding tert-OH is 1. The van der Waals surface area contributed by atoms with Gasteiger partial charge in [-0.1, -0.05) is 0 Å². The van der Waals surface area contributed by atoms with Gasteiger partial charge in [-0.25, -0.2) is 8.42 Å². The zero-order chi connectivity index (χ0) is 15.2. The van der Waals surface area contributed by atoms with Crippen LogP contribution in [0.4, 0.5) is 5.69 Å². The highest BCUT2D eigenvalue weighted by Gasteiger charge is 2.11. The van der Waals surface area contributed by atoms with E-state index in [2.05, 4.69) is 0 Å². The lowest BCUT2D eigenvalue weighted by atomic mass is 10.3. The summed E-state index contributed by atoms with van der Waals surface area (Å²) in [5, 5.41) is 9.82. The summed E-state index contributed by atoms with van der Waals surface area (Å²) in [5.41, 5.74) is 6.21. The van der Waals surface area contributed by atoms with Crippen LogP contribution in [-0.2, 0) is 9.84 Å². The largest absolute Gasteiger partial charge is 0.491 e. The lowest BCUT2D eigenvalue weighted by Gasteiger charge is -2.20. The number of aliphatic hydroxyl groups is 1. The second-order valence-electron chi connectivity index (χ2n) is 4.93. The van der Waals surface area contributed by atoms with Gasteiger partial charge in [-0.05, 0) is 31.3 Å². The molecule has 1 atom stereocenters. The molecule has 0 radical (unpaired) electrons. The fourth-order valence-electron chi connectivity index (χ4n) is 1.58. The molecule has 1 rings (SSSR count). The summed E-state index contributed by atoms with van der Waals surface area (Å²) < 4.78 is 27.5. The van der Waals surface area contributed by atoms with Gasteiger partial charge in [-0.15, -0.1) is 0 Å². The maximum Gasteiger partial charge on any atom is 0.148 e. The summed E-state index contributed by atoms with van der Waals surface area (Å²) in [4.78, 5) is 1.76. The second kappa shape index (κ2) is 7.47. The molecule has 0 aliphatic rings. The SMILES string of the molecule is CN(CCS(C)(=O)=O)CC(O)COc1ccc(N)cc1. The Morgan fingerprint density at radius 3 is 2.50 bits per heavy atom. The third-order valence-electron chi connectivity index (χ3n) is 2.69. The summed E-state index contributed by atoms with van der Waals surface area (Å²) in [6.45, 7) is 0.884. The van der Waals surface area contributed by atoms with E-state index in [-0.39, 0.29) is 12.4 Å². The number of likely N-dealkylation sites (N-methyl/N-ethyl adjacent to an activating group) is 1. The lowest BCUT2D eigenvalue weighted by Crippen LogP contribution is -2.35. The molecule has 7 heteroatoms. The van der Waals surface area contributed by atoms with Crippen LogP contribution in [0.15, 0.2) is 24.3 Å². The van der Waals surface area contributed by atoms with Crippen molar-refractivity contribution in [2.24, 2.45) is 0 Å². The van der Waals surface area contributed by atoms with Gasteiger partial charge in [0.15, 0.2) is 0 Å². The van der Waals surface area contributed by atoms with Crippen molar-refractivity contribution in [3.05, 3.63) is 24.3 Å². The topological polar surface area (TPSA) is 92.9 Å². The fourth-order valence-corrected chi connectivity index (χ4v) is 2.23. The minimum absolute atomic E-state index is 0.0784. The molecule has 0 amide bonds. The number of nitrogens with zero attached hydrogens (tertiary/aromatic N) is 1. The van der Waals surface area contributed by atoms with Gasteiger partial charge in [0.25, 0.3) is 0 Å². The summed E-state index contributed by atoms with van der Waals surface area (Å²) in [7, 11) is -1.22. The first kappa shape index (κ1) is 16.7. The number of benzene rings is 1. The summed E-state index contributed by atoms with van der Waals surface area (Å²) >= 11 is 0. The van der Waals surface area contributed by atoms with Gasteiger partial charge in [0, 0.05) is 25.0 Å². The molecule has 0 heterocycles. The molecule has 3 N–H and O–H groups in total. The number of nitrogens with two attached hydrogens (primary N) is 1. The quantitative estimate of drug-likeness (QED) is 0.656. The van der Waals surface area contributed by atoms with Crippen LogP contribution < -0.4 is 10.5 Å². The molecule has 1 aromatic carbocycles. The number of sulfone groups is 1. The summed E-state index contributed by atoms with van der Waals surface area (Å²) in [6.07, 6.45) is 0.513. The number of nitrogen functional groups attached to an aromatic ring is 1. The Balaban J connectivity index is 2.29. The van der Waals surface area contributed by atoms with Crippen molar-refractivity contribution in [2.45, 2.75) is 6.10 Å². The van der Waals surface area contributed by atoms with Gasteiger partial charge in [-0.2, -0.15) is 0 Å². The molecule has 6 nitrogen and oxygen atoms in total. The van der Waals surface area contributed by atoms with Crippen LogP contribution in [0, 0.1) is 0 Å². The van der Waals surface area contributed by atoms with E-state index in [1.165, 1.54) is 6.26 Å². The van der Waals surface area contributed by atoms with E-state index in [4.69, 9.17) is 10.5 Å². The van der Waals surface area contributed by atoms with Crippen LogP contribution in [-0.4, -0.2) is 63.3 Å². The molecule has 0 bridgehead atoms. The number of hydrogen-bond acceptors (Lipinski definition) is 6. The van der Waals surface area contributed by atoms with E-state index in [0.717, 1.165) is 0 Å². The molecule has 0 aromatic heterocycles. The van der Waals surface area contributed by atoms with Crippen LogP contribution in [0.3, 0.4) is 0 Å². The van der Waals surface area contributed by atoms with Crippen molar-refractivity contribution in [3.8, 4) is 5.75 Å². The highest BCUT2D eigenvalue weighted by atomic mass is 32.2. The normalized spacial score (nSPS) is 13.4. The smallest absolute Gasteiger partial charge is 0.148 e. The van der Waals surface area contributed by atoms with E-state index in [9.17, 15) is 13.5 Å². The van der Waals surface area contributed by atoms with E-state index in [1.54, 1.807) is 36.2 Å². The third-order valence-corrected chi connectivity index (χ3v) is 3.61. The number of anilines is 1. The average molecular weight is 302 g/mol. The zero-order valence-electron chi connectivity index (χ0n) is 11.8. The van der Waals surface area contributed by atoms with Crippen LogP contribution in [0.1, 0.15) is 0 Å². The van der Waals surface area contributed by atoms with E-state index in [0.29, 0.717) is 24.5 Å². The highest BCUT2D eigenvalue weighted by Crippen LogP contribution is 2.13. The second-order valence-corrected chi connectivity index (χ2v) is 7.19. The Bertz CT molecular complexity index is 502. The third kappa shape index (κ3) is 7.32. The molecule has 1 aromatic rings. The van der Waals surface area contributed by atoms with Gasteiger partial charge >= 0.3 is 0 Å². The van der Waals surface area contributed by atoms with Gasteiger partial charge < -0.3 is 20.5 Å². The molecule has 0 aliphatic heterocycles. The van der Waals surface area contributed by atoms with Crippen LogP contribution in [0.25, 0.3) is 0 Å². The Morgan fingerprint density at radius 1 is 1.35 bits per heavy atom. The first-order chi connectivity index (χ1) is 9.26. The van der Waals surface area contributed by atoms with E-state index < -0.39 is 15.9 Å². The number of rotatable bonds is 8. The predicted octanol–water partition coefficient (Wildman–Crippen LogP) is -0.0151. The van der Waals surface area contributed by atoms with Crippen LogP contribution in [0.2, 0.25) is 0 Å². The first-order valence-corrected chi connectivity index (χ1v) is 8.35. The number of hydrogen-bond donors (Lipinski definition) is 2. The zero-order valence-corrected chi connectivity index (χ0v) is 12.6. The van der Waals surface area contributed by atoms with Crippen molar-refractivity contribution in [2.75, 3.05) is 44.5 Å². The molecule has 20 heavy (non-hydrogen) atoms. The van der Waals surface area contributed by atoms with Crippen molar-refractivity contribution in [3.63, 3.8) is 0 Å². The average Bonchev–Trinajstić information content (AvgIpc) is 2.35. The number of ether oxygens (including phenoxy) is 1. The lowest BCUT2D eigenvalue weighted by molar-refractivity contribution is 0.0780. The van der Waals surface area contributed by atoms with Crippen LogP contribution in [0.5, 0.6) is 5.75 Å². The minimum atomic E-state index is -2.98. The molecule has 0 saturated carbocycles. The van der Waals surface area contributed by atoms with Crippen molar-refractivity contribution >= 4 is 15.5 Å². The minimum Gasteiger partial charge on any atom is -0.491 e. The van der Waals surface area contributed by atoms with Crippen molar-refractivity contribution in [1.82, 2.24) is 4.90 Å². The molecular formula is C13H22N2O4S. The fraction of sp³-hybridized carbons (Fsp3) is 0.538. The first-order valence-electron chi connectivity index (χ1n) is 6.29. The summed E-state index contributed by atoms with van der Waals surface area (Å²) in [6, 6.07) is 6.91. The maximum atomic E-state index is 11.0. The molecule has 1 unspecified atom stereocenters. The Kier molecular flexibility index (Phi) is 6.25. The van der Waals surface area contributed by atoms with Gasteiger partial charge in [0.05, 0.1) is 5.75 Å². The molecule has 0 saturated heterocycles. The Hall–Kier alpha value is -1.31. The van der Waals surface area contributed by atoms with Crippen molar-refractivity contribution < 1.29 is 18.3 Å². The summed E-state index contributed by atoms with van der Waals surface area (Å²) in [5.74, 6) is 0.715.